The van der Waals surface area contributed by atoms with Crippen LogP contribution in [-0.4, -0.2) is 63.8 Å². The Kier molecular flexibility index (Phi) is 11.3. The van der Waals surface area contributed by atoms with E-state index in [-0.39, 0.29) is 25.2 Å². The van der Waals surface area contributed by atoms with Crippen LogP contribution in [0.2, 0.25) is 0 Å². The van der Waals surface area contributed by atoms with Gasteiger partial charge >= 0.3 is 11.9 Å². The molecule has 2 bridgehead atoms. The standard InChI is InChI=1S/C25H35N3O9/c1-14(2)12-18-17(23(32)28-36)4-3-11-37-16-7-5-15(6-8-16)13-20(27-22(18)31)24(33)26-19(25(34)35)9-10-21(29)30/h5-8,14,17-20,36H,3-4,9-13H2,1-2H3,(H,26,33)(H,27,31)(H,28,32)(H,29,30)(H,34,35)/t17-,18+,19-,20-/m0/s1. The van der Waals surface area contributed by atoms with Crippen molar-refractivity contribution in [1.82, 2.24) is 16.1 Å². The number of hydroxylamine groups is 1. The van der Waals surface area contributed by atoms with Crippen LogP contribution >= 0.6 is 0 Å². The summed E-state index contributed by atoms with van der Waals surface area (Å²) < 4.78 is 5.72. The van der Waals surface area contributed by atoms with Gasteiger partial charge in [0.2, 0.25) is 17.7 Å². The maximum Gasteiger partial charge on any atom is 0.326 e. The number of ether oxygens (including phenoxy) is 1. The van der Waals surface area contributed by atoms with Crippen molar-refractivity contribution < 1.29 is 44.1 Å². The van der Waals surface area contributed by atoms with Gasteiger partial charge < -0.3 is 25.6 Å². The second kappa shape index (κ2) is 14.2. The van der Waals surface area contributed by atoms with E-state index in [2.05, 4.69) is 10.6 Å². The molecule has 12 heteroatoms. The molecule has 0 saturated heterocycles. The number of benzene rings is 1. The third-order valence-electron chi connectivity index (χ3n) is 6.18. The minimum atomic E-state index is -1.47. The lowest BCUT2D eigenvalue weighted by Gasteiger charge is -2.29. The SMILES string of the molecule is CC(C)C[C@H]1C(=O)N[C@H](C(=O)N[C@@H](CCC(=O)O)C(=O)O)Cc2ccc(cc2)OCCC[C@@H]1C(=O)NO. The number of rotatable bonds is 9. The summed E-state index contributed by atoms with van der Waals surface area (Å²) in [6.07, 6.45) is 0.164. The van der Waals surface area contributed by atoms with Crippen molar-refractivity contribution in [2.45, 2.75) is 64.5 Å². The maximum atomic E-state index is 13.5. The van der Waals surface area contributed by atoms with E-state index in [4.69, 9.17) is 9.84 Å². The lowest BCUT2D eigenvalue weighted by molar-refractivity contribution is -0.144. The molecule has 0 aromatic heterocycles. The predicted molar refractivity (Wildman–Crippen MR) is 130 cm³/mol. The molecule has 2 aliphatic rings. The van der Waals surface area contributed by atoms with Crippen LogP contribution in [0.15, 0.2) is 24.3 Å². The Morgan fingerprint density at radius 2 is 1.78 bits per heavy atom. The van der Waals surface area contributed by atoms with E-state index in [0.717, 1.165) is 0 Å². The number of carboxylic acids is 2. The zero-order valence-corrected chi connectivity index (χ0v) is 20.9. The number of nitrogens with one attached hydrogen (secondary N) is 3. The first-order chi connectivity index (χ1) is 17.5. The Balaban J connectivity index is 2.40. The van der Waals surface area contributed by atoms with Gasteiger partial charge in [-0.05, 0) is 49.3 Å². The summed E-state index contributed by atoms with van der Waals surface area (Å²) >= 11 is 0. The summed E-state index contributed by atoms with van der Waals surface area (Å²) in [5.41, 5.74) is 2.29. The molecule has 2 heterocycles. The van der Waals surface area contributed by atoms with Gasteiger partial charge in [0.15, 0.2) is 0 Å². The van der Waals surface area contributed by atoms with Crippen LogP contribution in [-0.2, 0) is 30.4 Å². The quantitative estimate of drug-likeness (QED) is 0.204. The van der Waals surface area contributed by atoms with E-state index in [0.29, 0.717) is 30.8 Å². The van der Waals surface area contributed by atoms with Crippen molar-refractivity contribution in [3.05, 3.63) is 29.8 Å². The highest BCUT2D eigenvalue weighted by molar-refractivity contribution is 5.93. The highest BCUT2D eigenvalue weighted by Crippen LogP contribution is 2.27. The second-order valence-corrected chi connectivity index (χ2v) is 9.55. The van der Waals surface area contributed by atoms with E-state index in [1.807, 2.05) is 13.8 Å². The first-order valence-electron chi connectivity index (χ1n) is 12.2. The third kappa shape index (κ3) is 9.37. The van der Waals surface area contributed by atoms with E-state index in [1.165, 1.54) is 0 Å². The zero-order chi connectivity index (χ0) is 27.5. The van der Waals surface area contributed by atoms with Crippen molar-refractivity contribution in [3.8, 4) is 5.75 Å². The van der Waals surface area contributed by atoms with E-state index in [1.54, 1.807) is 29.7 Å². The summed E-state index contributed by atoms with van der Waals surface area (Å²) in [6.45, 7) is 4.05. The van der Waals surface area contributed by atoms with Gasteiger partial charge in [-0.1, -0.05) is 26.0 Å². The fourth-order valence-corrected chi connectivity index (χ4v) is 4.30. The molecule has 4 atom stereocenters. The number of aliphatic carboxylic acids is 2. The van der Waals surface area contributed by atoms with Gasteiger partial charge in [-0.25, -0.2) is 10.3 Å². The Bertz CT molecular complexity index is 965. The molecule has 204 valence electrons. The van der Waals surface area contributed by atoms with Crippen molar-refractivity contribution in [3.63, 3.8) is 0 Å². The molecule has 6 N–H and O–H groups in total. The molecule has 0 fully saturated rings. The first-order valence-corrected chi connectivity index (χ1v) is 12.2. The van der Waals surface area contributed by atoms with Crippen LogP contribution in [0.25, 0.3) is 0 Å². The molecule has 2 aliphatic heterocycles. The van der Waals surface area contributed by atoms with Crippen molar-refractivity contribution in [1.29, 1.82) is 0 Å². The monoisotopic (exact) mass is 521 g/mol. The van der Waals surface area contributed by atoms with E-state index < -0.39 is 60.0 Å². The third-order valence-corrected chi connectivity index (χ3v) is 6.18. The van der Waals surface area contributed by atoms with Gasteiger partial charge in [-0.15, -0.1) is 0 Å². The summed E-state index contributed by atoms with van der Waals surface area (Å²) in [6, 6.07) is 4.17. The Morgan fingerprint density at radius 3 is 2.35 bits per heavy atom. The fourth-order valence-electron chi connectivity index (χ4n) is 4.30. The number of fused-ring (bicyclic) bond motifs is 11. The maximum absolute atomic E-state index is 13.5. The number of carbonyl (C=O) groups excluding carboxylic acids is 3. The molecule has 0 unspecified atom stereocenters. The van der Waals surface area contributed by atoms with Gasteiger partial charge in [-0.2, -0.15) is 0 Å². The lowest BCUT2D eigenvalue weighted by atomic mass is 9.81. The fraction of sp³-hybridized carbons (Fsp3) is 0.560. The van der Waals surface area contributed by atoms with Crippen LogP contribution in [0.3, 0.4) is 0 Å². The Labute approximate surface area is 214 Å². The van der Waals surface area contributed by atoms with Crippen LogP contribution in [0.4, 0.5) is 0 Å². The Morgan fingerprint density at radius 1 is 1.11 bits per heavy atom. The Hall–Kier alpha value is -3.67. The molecule has 1 aromatic rings. The minimum absolute atomic E-state index is 0.00590. The summed E-state index contributed by atoms with van der Waals surface area (Å²) in [5.74, 6) is -5.92. The number of hydrogen-bond acceptors (Lipinski definition) is 7. The average molecular weight is 522 g/mol. The minimum Gasteiger partial charge on any atom is -0.494 e. The van der Waals surface area contributed by atoms with Crippen LogP contribution in [0, 0.1) is 17.8 Å². The smallest absolute Gasteiger partial charge is 0.326 e. The summed E-state index contributed by atoms with van der Waals surface area (Å²) in [5, 5.41) is 32.7. The normalized spacial score (nSPS) is 21.2. The molecule has 0 radical (unpaired) electrons. The van der Waals surface area contributed by atoms with Crippen LogP contribution in [0.1, 0.15) is 51.5 Å². The van der Waals surface area contributed by atoms with Gasteiger partial charge in [-0.3, -0.25) is 24.4 Å². The molecule has 3 amide bonds. The number of amides is 3. The molecular weight excluding hydrogens is 486 g/mol. The molecule has 37 heavy (non-hydrogen) atoms. The lowest BCUT2D eigenvalue weighted by Crippen LogP contribution is -2.54. The molecule has 1 aromatic carbocycles. The topological polar surface area (TPSA) is 191 Å². The first kappa shape index (κ1) is 29.6. The molecule has 0 saturated carbocycles. The number of carboxylic acid groups (broad SMARTS) is 2. The number of hydrogen-bond donors (Lipinski definition) is 6. The zero-order valence-electron chi connectivity index (χ0n) is 20.9. The van der Waals surface area contributed by atoms with Crippen LogP contribution in [0.5, 0.6) is 5.75 Å². The number of carbonyl (C=O) groups is 5. The summed E-state index contributed by atoms with van der Waals surface area (Å²) in [7, 11) is 0. The highest BCUT2D eigenvalue weighted by atomic mass is 16.5. The van der Waals surface area contributed by atoms with Crippen molar-refractivity contribution in [2.75, 3.05) is 6.61 Å². The molecule has 0 aliphatic carbocycles. The van der Waals surface area contributed by atoms with Gasteiger partial charge in [0.05, 0.1) is 12.5 Å². The van der Waals surface area contributed by atoms with Crippen molar-refractivity contribution >= 4 is 29.7 Å². The summed E-state index contributed by atoms with van der Waals surface area (Å²) in [4.78, 5) is 61.7. The molecule has 3 rings (SSSR count). The van der Waals surface area contributed by atoms with E-state index in [9.17, 15) is 34.3 Å². The largest absolute Gasteiger partial charge is 0.494 e. The molecular formula is C25H35N3O9. The molecule has 12 nitrogen and oxygen atoms in total. The van der Waals surface area contributed by atoms with Crippen LogP contribution < -0.4 is 20.9 Å². The van der Waals surface area contributed by atoms with Gasteiger partial charge in [0, 0.05) is 18.8 Å². The molecule has 0 spiro atoms. The highest BCUT2D eigenvalue weighted by Gasteiger charge is 2.36. The van der Waals surface area contributed by atoms with Gasteiger partial charge in [0.25, 0.3) is 0 Å². The second-order valence-electron chi connectivity index (χ2n) is 9.55. The van der Waals surface area contributed by atoms with E-state index >= 15 is 0 Å². The van der Waals surface area contributed by atoms with Crippen molar-refractivity contribution in [2.24, 2.45) is 17.8 Å². The average Bonchev–Trinajstić information content (AvgIpc) is 2.84. The predicted octanol–water partition coefficient (Wildman–Crippen LogP) is 1.10. The van der Waals surface area contributed by atoms with Gasteiger partial charge in [0.1, 0.15) is 17.8 Å².